The van der Waals surface area contributed by atoms with E-state index in [-0.39, 0.29) is 0 Å². The van der Waals surface area contributed by atoms with E-state index in [4.69, 9.17) is 0 Å². The summed E-state index contributed by atoms with van der Waals surface area (Å²) >= 11 is 3.76. The second-order valence-electron chi connectivity index (χ2n) is 2.87. The monoisotopic (exact) mass is 264 g/mol. The van der Waals surface area contributed by atoms with Gasteiger partial charge in [0.1, 0.15) is 8.75 Å². The van der Waals surface area contributed by atoms with Gasteiger partial charge in [-0.25, -0.2) is 0 Å². The number of thioether (sulfide) groups is 2. The summed E-state index contributed by atoms with van der Waals surface area (Å²) in [5.74, 6) is 2.46. The molecule has 0 aromatic rings. The minimum atomic E-state index is 1.01. The van der Waals surface area contributed by atoms with Crippen molar-refractivity contribution in [3.63, 3.8) is 0 Å². The van der Waals surface area contributed by atoms with Gasteiger partial charge in [0.05, 0.1) is 0 Å². The van der Waals surface area contributed by atoms with Crippen LogP contribution in [0.1, 0.15) is 12.8 Å². The van der Waals surface area contributed by atoms with Crippen LogP contribution in [0, 0.1) is 0 Å². The zero-order chi connectivity index (χ0) is 9.64. The van der Waals surface area contributed by atoms with Crippen molar-refractivity contribution in [2.75, 3.05) is 24.6 Å². The molecule has 78 valence electrons. The van der Waals surface area contributed by atoms with Gasteiger partial charge in [-0.05, 0) is 34.4 Å². The molecular weight excluding hydrogens is 252 g/mol. The van der Waals surface area contributed by atoms with Gasteiger partial charge in [0, 0.05) is 24.6 Å². The third-order valence-corrected chi connectivity index (χ3v) is 7.12. The normalized spacial score (nSPS) is 22.9. The molecule has 2 heterocycles. The quantitative estimate of drug-likeness (QED) is 0.626. The summed E-state index contributed by atoms with van der Waals surface area (Å²) in [6.07, 6.45) is 2.46. The van der Waals surface area contributed by atoms with Crippen molar-refractivity contribution in [1.29, 1.82) is 0 Å². The van der Waals surface area contributed by atoms with Crippen molar-refractivity contribution in [3.8, 4) is 0 Å². The van der Waals surface area contributed by atoms with E-state index in [1.807, 2.05) is 23.5 Å². The van der Waals surface area contributed by atoms with Crippen molar-refractivity contribution in [2.24, 2.45) is 9.98 Å². The largest absolute Gasteiger partial charge is 0.271 e. The van der Waals surface area contributed by atoms with E-state index in [0.29, 0.717) is 0 Å². The first-order valence-corrected chi connectivity index (χ1v) is 8.76. The van der Waals surface area contributed by atoms with Crippen LogP contribution >= 0.6 is 45.1 Å². The zero-order valence-electron chi connectivity index (χ0n) is 7.77. The second-order valence-corrected chi connectivity index (χ2v) is 7.66. The van der Waals surface area contributed by atoms with Crippen molar-refractivity contribution in [1.82, 2.24) is 0 Å². The fourth-order valence-electron chi connectivity index (χ4n) is 1.05. The number of hydrogen-bond donors (Lipinski definition) is 0. The van der Waals surface area contributed by atoms with Gasteiger partial charge in [-0.3, -0.25) is 9.98 Å². The Bertz CT molecular complexity index is 226. The Hall–Kier alpha value is 0.740. The SMILES string of the molecule is C1CN=C(SSC2=NCCCS2)SC1. The Morgan fingerprint density at radius 1 is 0.857 bits per heavy atom. The Morgan fingerprint density at radius 2 is 1.36 bits per heavy atom. The lowest BCUT2D eigenvalue weighted by atomic mass is 10.5. The topological polar surface area (TPSA) is 24.7 Å². The van der Waals surface area contributed by atoms with Gasteiger partial charge in [-0.1, -0.05) is 23.5 Å². The van der Waals surface area contributed by atoms with Crippen molar-refractivity contribution in [3.05, 3.63) is 0 Å². The number of rotatable bonds is 0. The van der Waals surface area contributed by atoms with E-state index in [1.54, 1.807) is 21.6 Å². The molecule has 0 bridgehead atoms. The Balaban J connectivity index is 1.75. The molecule has 0 fully saturated rings. The Kier molecular flexibility index (Phi) is 5.09. The average Bonchev–Trinajstić information content (AvgIpc) is 2.29. The maximum atomic E-state index is 4.47. The summed E-state index contributed by atoms with van der Waals surface area (Å²) in [5.41, 5.74) is 0. The highest BCUT2D eigenvalue weighted by Gasteiger charge is 2.11. The summed E-state index contributed by atoms with van der Waals surface area (Å²) in [6.45, 7) is 2.02. The Morgan fingerprint density at radius 3 is 1.71 bits per heavy atom. The van der Waals surface area contributed by atoms with Gasteiger partial charge >= 0.3 is 0 Å². The molecule has 0 amide bonds. The summed E-state index contributed by atoms with van der Waals surface area (Å²) < 4.78 is 2.46. The molecule has 0 spiro atoms. The molecule has 0 saturated heterocycles. The van der Waals surface area contributed by atoms with Crippen molar-refractivity contribution in [2.45, 2.75) is 12.8 Å². The van der Waals surface area contributed by atoms with E-state index < -0.39 is 0 Å². The first kappa shape index (κ1) is 11.2. The van der Waals surface area contributed by atoms with Crippen LogP contribution in [0.25, 0.3) is 0 Å². The highest BCUT2D eigenvalue weighted by molar-refractivity contribution is 8.93. The standard InChI is InChI=1S/C8H12N2S4/c1-3-9-7(11-5-1)13-14-8-10-4-2-6-12-8/h1-6H2. The maximum Gasteiger partial charge on any atom is 0.135 e. The minimum absolute atomic E-state index is 1.01. The molecule has 0 aliphatic carbocycles. The number of nitrogens with zero attached hydrogens (tertiary/aromatic N) is 2. The van der Waals surface area contributed by atoms with E-state index in [9.17, 15) is 0 Å². The fraction of sp³-hybridized carbons (Fsp3) is 0.750. The summed E-state index contributed by atoms with van der Waals surface area (Å²) in [4.78, 5) is 8.94. The molecule has 2 rings (SSSR count). The minimum Gasteiger partial charge on any atom is -0.271 e. The van der Waals surface area contributed by atoms with Crippen molar-refractivity contribution < 1.29 is 0 Å². The molecule has 0 saturated carbocycles. The van der Waals surface area contributed by atoms with Gasteiger partial charge in [0.15, 0.2) is 0 Å². The van der Waals surface area contributed by atoms with Crippen LogP contribution in [-0.4, -0.2) is 33.3 Å². The van der Waals surface area contributed by atoms with Crippen molar-refractivity contribution >= 4 is 53.9 Å². The first-order valence-electron chi connectivity index (χ1n) is 4.64. The molecule has 0 unspecified atom stereocenters. The fourth-order valence-corrected chi connectivity index (χ4v) is 5.85. The maximum absolute atomic E-state index is 4.47. The molecule has 2 aliphatic heterocycles. The molecule has 0 N–H and O–H groups in total. The van der Waals surface area contributed by atoms with Crippen LogP contribution in [-0.2, 0) is 0 Å². The summed E-state index contributed by atoms with van der Waals surface area (Å²) in [7, 11) is 3.56. The van der Waals surface area contributed by atoms with Gasteiger partial charge in [0.2, 0.25) is 0 Å². The van der Waals surface area contributed by atoms with Crippen LogP contribution in [0.5, 0.6) is 0 Å². The molecular formula is C8H12N2S4. The van der Waals surface area contributed by atoms with Crippen LogP contribution in [0.3, 0.4) is 0 Å². The highest BCUT2D eigenvalue weighted by atomic mass is 33.1. The zero-order valence-corrected chi connectivity index (χ0v) is 11.0. The predicted molar refractivity (Wildman–Crippen MR) is 73.9 cm³/mol. The first-order chi connectivity index (χ1) is 6.95. The average molecular weight is 264 g/mol. The van der Waals surface area contributed by atoms with Gasteiger partial charge < -0.3 is 0 Å². The van der Waals surface area contributed by atoms with Gasteiger partial charge in [-0.15, -0.1) is 0 Å². The molecule has 6 heteroatoms. The third kappa shape index (κ3) is 3.72. The van der Waals surface area contributed by atoms with Crippen LogP contribution in [0.2, 0.25) is 0 Å². The lowest BCUT2D eigenvalue weighted by molar-refractivity contribution is 0.942. The lowest BCUT2D eigenvalue weighted by Crippen LogP contribution is -2.01. The lowest BCUT2D eigenvalue weighted by Gasteiger charge is -2.12. The predicted octanol–water partition coefficient (Wildman–Crippen LogP) is 3.35. The van der Waals surface area contributed by atoms with E-state index in [2.05, 4.69) is 9.98 Å². The van der Waals surface area contributed by atoms with Crippen LogP contribution in [0.15, 0.2) is 9.98 Å². The van der Waals surface area contributed by atoms with Crippen LogP contribution < -0.4 is 0 Å². The molecule has 0 atom stereocenters. The molecule has 0 aromatic heterocycles. The second kappa shape index (κ2) is 6.35. The van der Waals surface area contributed by atoms with E-state index >= 15 is 0 Å². The van der Waals surface area contributed by atoms with Gasteiger partial charge in [0.25, 0.3) is 0 Å². The Labute approximate surface area is 101 Å². The molecule has 0 radical (unpaired) electrons. The number of aliphatic imine (C=N–C) groups is 2. The summed E-state index contributed by atoms with van der Waals surface area (Å²) in [5, 5.41) is 0. The van der Waals surface area contributed by atoms with E-state index in [1.165, 1.54) is 33.1 Å². The van der Waals surface area contributed by atoms with Crippen LogP contribution in [0.4, 0.5) is 0 Å². The number of hydrogen-bond acceptors (Lipinski definition) is 6. The molecule has 2 nitrogen and oxygen atoms in total. The van der Waals surface area contributed by atoms with E-state index in [0.717, 1.165) is 13.1 Å². The van der Waals surface area contributed by atoms with Gasteiger partial charge in [-0.2, -0.15) is 0 Å². The molecule has 14 heavy (non-hydrogen) atoms. The smallest absolute Gasteiger partial charge is 0.135 e. The molecule has 0 aromatic carbocycles. The molecule has 2 aliphatic rings. The highest BCUT2D eigenvalue weighted by Crippen LogP contribution is 2.36. The summed E-state index contributed by atoms with van der Waals surface area (Å²) in [6, 6.07) is 0. The third-order valence-electron chi connectivity index (χ3n) is 1.72.